The maximum absolute atomic E-state index is 11.6. The molecule has 1 N–H and O–H groups in total. The Bertz CT molecular complexity index is 170. The Morgan fingerprint density at radius 2 is 2.38 bits per heavy atom. The second-order valence-corrected chi connectivity index (χ2v) is 3.94. The number of amides is 1. The number of rotatable bonds is 4. The first-order valence-corrected chi connectivity index (χ1v) is 5.16. The van der Waals surface area contributed by atoms with Crippen molar-refractivity contribution >= 4 is 5.91 Å². The largest absolute Gasteiger partial charge is 0.342 e. The summed E-state index contributed by atoms with van der Waals surface area (Å²) in [6.07, 6.45) is 2.84. The highest BCUT2D eigenvalue weighted by atomic mass is 16.2. The number of carbonyl (C=O) groups excluding carboxylic acids is 1. The molecule has 3 nitrogen and oxygen atoms in total. The van der Waals surface area contributed by atoms with E-state index < -0.39 is 0 Å². The lowest BCUT2D eigenvalue weighted by atomic mass is 10.2. The van der Waals surface area contributed by atoms with Crippen molar-refractivity contribution in [2.24, 2.45) is 5.92 Å². The van der Waals surface area contributed by atoms with Crippen LogP contribution in [0.25, 0.3) is 0 Å². The SMILES string of the molecule is CNCCCC(=O)N1CCC(C)C1. The van der Waals surface area contributed by atoms with Crippen molar-refractivity contribution in [3.05, 3.63) is 0 Å². The van der Waals surface area contributed by atoms with Gasteiger partial charge in [0.1, 0.15) is 0 Å². The van der Waals surface area contributed by atoms with Crippen LogP contribution in [-0.4, -0.2) is 37.5 Å². The minimum atomic E-state index is 0.333. The van der Waals surface area contributed by atoms with Crippen molar-refractivity contribution in [3.63, 3.8) is 0 Å². The van der Waals surface area contributed by atoms with E-state index in [1.165, 1.54) is 6.42 Å². The van der Waals surface area contributed by atoms with Crippen molar-refractivity contribution in [1.82, 2.24) is 10.2 Å². The fraction of sp³-hybridized carbons (Fsp3) is 0.900. The van der Waals surface area contributed by atoms with E-state index in [1.807, 2.05) is 11.9 Å². The Kier molecular flexibility index (Phi) is 4.22. The van der Waals surface area contributed by atoms with Crippen molar-refractivity contribution in [2.75, 3.05) is 26.7 Å². The molecule has 0 bridgehead atoms. The van der Waals surface area contributed by atoms with Gasteiger partial charge in [-0.1, -0.05) is 6.92 Å². The third kappa shape index (κ3) is 3.35. The van der Waals surface area contributed by atoms with E-state index in [4.69, 9.17) is 0 Å². The van der Waals surface area contributed by atoms with Gasteiger partial charge in [0.2, 0.25) is 5.91 Å². The molecule has 0 saturated carbocycles. The Balaban J connectivity index is 2.16. The average Bonchev–Trinajstić information content (AvgIpc) is 2.52. The highest BCUT2D eigenvalue weighted by molar-refractivity contribution is 5.76. The van der Waals surface area contributed by atoms with Gasteiger partial charge < -0.3 is 10.2 Å². The van der Waals surface area contributed by atoms with Crippen LogP contribution in [0.4, 0.5) is 0 Å². The molecule has 1 aliphatic heterocycles. The molecule has 3 heteroatoms. The second-order valence-electron chi connectivity index (χ2n) is 3.94. The summed E-state index contributed by atoms with van der Waals surface area (Å²) in [5.74, 6) is 1.04. The predicted octanol–water partition coefficient (Wildman–Crippen LogP) is 0.854. The topological polar surface area (TPSA) is 32.3 Å². The van der Waals surface area contributed by atoms with E-state index in [9.17, 15) is 4.79 Å². The van der Waals surface area contributed by atoms with Crippen molar-refractivity contribution < 1.29 is 4.79 Å². The van der Waals surface area contributed by atoms with Crippen LogP contribution in [0.5, 0.6) is 0 Å². The fourth-order valence-corrected chi connectivity index (χ4v) is 1.74. The number of nitrogens with one attached hydrogen (secondary N) is 1. The van der Waals surface area contributed by atoms with E-state index in [0.29, 0.717) is 18.2 Å². The van der Waals surface area contributed by atoms with Gasteiger partial charge >= 0.3 is 0 Å². The van der Waals surface area contributed by atoms with Gasteiger partial charge in [-0.15, -0.1) is 0 Å². The first-order valence-electron chi connectivity index (χ1n) is 5.16. The van der Waals surface area contributed by atoms with Crippen LogP contribution in [0.3, 0.4) is 0 Å². The van der Waals surface area contributed by atoms with E-state index in [2.05, 4.69) is 12.2 Å². The van der Waals surface area contributed by atoms with Gasteiger partial charge in [0, 0.05) is 19.5 Å². The van der Waals surface area contributed by atoms with Gasteiger partial charge in [-0.2, -0.15) is 0 Å². The summed E-state index contributed by atoms with van der Waals surface area (Å²) in [6.45, 7) is 5.09. The number of likely N-dealkylation sites (tertiary alicyclic amines) is 1. The highest BCUT2D eigenvalue weighted by Crippen LogP contribution is 2.15. The Labute approximate surface area is 80.5 Å². The van der Waals surface area contributed by atoms with Crippen LogP contribution in [0, 0.1) is 5.92 Å². The number of carbonyl (C=O) groups is 1. The molecule has 13 heavy (non-hydrogen) atoms. The van der Waals surface area contributed by atoms with E-state index in [-0.39, 0.29) is 0 Å². The van der Waals surface area contributed by atoms with Gasteiger partial charge in [-0.25, -0.2) is 0 Å². The molecule has 1 heterocycles. The van der Waals surface area contributed by atoms with Crippen molar-refractivity contribution in [2.45, 2.75) is 26.2 Å². The number of nitrogens with zero attached hydrogens (tertiary/aromatic N) is 1. The minimum absolute atomic E-state index is 0.333. The van der Waals surface area contributed by atoms with Gasteiger partial charge in [0.15, 0.2) is 0 Å². The molecule has 1 amide bonds. The van der Waals surface area contributed by atoms with Crippen LogP contribution < -0.4 is 5.32 Å². The van der Waals surface area contributed by atoms with Gasteiger partial charge in [-0.3, -0.25) is 4.79 Å². The molecular formula is C10H20N2O. The van der Waals surface area contributed by atoms with Crippen LogP contribution in [-0.2, 0) is 4.79 Å². The van der Waals surface area contributed by atoms with Crippen molar-refractivity contribution in [1.29, 1.82) is 0 Å². The molecule has 0 radical (unpaired) electrons. The molecule has 0 aromatic carbocycles. The summed E-state index contributed by atoms with van der Waals surface area (Å²) in [4.78, 5) is 13.6. The summed E-state index contributed by atoms with van der Waals surface area (Å²) >= 11 is 0. The van der Waals surface area contributed by atoms with Crippen molar-refractivity contribution in [3.8, 4) is 0 Å². The molecule has 1 atom stereocenters. The molecule has 76 valence electrons. The fourth-order valence-electron chi connectivity index (χ4n) is 1.74. The summed E-state index contributed by atoms with van der Waals surface area (Å²) in [5, 5.41) is 3.05. The first kappa shape index (κ1) is 10.5. The highest BCUT2D eigenvalue weighted by Gasteiger charge is 2.22. The van der Waals surface area contributed by atoms with Gasteiger partial charge in [0.25, 0.3) is 0 Å². The summed E-state index contributed by atoms with van der Waals surface area (Å²) in [7, 11) is 1.92. The maximum atomic E-state index is 11.6. The summed E-state index contributed by atoms with van der Waals surface area (Å²) in [5.41, 5.74) is 0. The summed E-state index contributed by atoms with van der Waals surface area (Å²) < 4.78 is 0. The van der Waals surface area contributed by atoms with Crippen LogP contribution in [0.2, 0.25) is 0 Å². The van der Waals surface area contributed by atoms with Gasteiger partial charge in [-0.05, 0) is 32.4 Å². The number of hydrogen-bond donors (Lipinski definition) is 1. The Morgan fingerprint density at radius 1 is 1.62 bits per heavy atom. The normalized spacial score (nSPS) is 22.3. The Hall–Kier alpha value is -0.570. The predicted molar refractivity (Wildman–Crippen MR) is 53.5 cm³/mol. The van der Waals surface area contributed by atoms with Crippen LogP contribution in [0.1, 0.15) is 26.2 Å². The zero-order chi connectivity index (χ0) is 9.68. The third-order valence-corrected chi connectivity index (χ3v) is 2.59. The molecule has 0 aliphatic carbocycles. The molecule has 0 aromatic heterocycles. The molecule has 0 aromatic rings. The van der Waals surface area contributed by atoms with Gasteiger partial charge in [0.05, 0.1) is 0 Å². The van der Waals surface area contributed by atoms with Crippen LogP contribution >= 0.6 is 0 Å². The molecule has 1 unspecified atom stereocenters. The Morgan fingerprint density at radius 3 is 2.92 bits per heavy atom. The molecule has 1 saturated heterocycles. The second kappa shape index (κ2) is 5.22. The standard InChI is InChI=1S/C10H20N2O/c1-9-5-7-12(8-9)10(13)4-3-6-11-2/h9,11H,3-8H2,1-2H3. The average molecular weight is 184 g/mol. The minimum Gasteiger partial charge on any atom is -0.342 e. The number of hydrogen-bond acceptors (Lipinski definition) is 2. The molecule has 1 aliphatic rings. The first-order chi connectivity index (χ1) is 6.24. The van der Waals surface area contributed by atoms with E-state index >= 15 is 0 Å². The summed E-state index contributed by atoms with van der Waals surface area (Å²) in [6, 6.07) is 0. The molecule has 0 spiro atoms. The quantitative estimate of drug-likeness (QED) is 0.657. The molecule has 1 fully saturated rings. The monoisotopic (exact) mass is 184 g/mol. The van der Waals surface area contributed by atoms with Crippen LogP contribution in [0.15, 0.2) is 0 Å². The lowest BCUT2D eigenvalue weighted by Gasteiger charge is -2.15. The van der Waals surface area contributed by atoms with E-state index in [1.54, 1.807) is 0 Å². The maximum Gasteiger partial charge on any atom is 0.222 e. The lowest BCUT2D eigenvalue weighted by Crippen LogP contribution is -2.28. The zero-order valence-corrected chi connectivity index (χ0v) is 8.68. The third-order valence-electron chi connectivity index (χ3n) is 2.59. The van der Waals surface area contributed by atoms with E-state index in [0.717, 1.165) is 26.1 Å². The lowest BCUT2D eigenvalue weighted by molar-refractivity contribution is -0.130. The molecular weight excluding hydrogens is 164 g/mol. The smallest absolute Gasteiger partial charge is 0.222 e. The zero-order valence-electron chi connectivity index (χ0n) is 8.68. The molecule has 1 rings (SSSR count).